The molecule has 0 bridgehead atoms. The van der Waals surface area contributed by atoms with Crippen molar-refractivity contribution >= 4 is 11.8 Å². The molecule has 98 valence electrons. The maximum absolute atomic E-state index is 11.6. The van der Waals surface area contributed by atoms with Crippen LogP contribution >= 0.6 is 0 Å². The van der Waals surface area contributed by atoms with E-state index >= 15 is 0 Å². The van der Waals surface area contributed by atoms with Gasteiger partial charge in [-0.25, -0.2) is 0 Å². The predicted molar refractivity (Wildman–Crippen MR) is 65.3 cm³/mol. The maximum Gasteiger partial charge on any atom is 0.260 e. The molecule has 2 atom stereocenters. The van der Waals surface area contributed by atoms with Crippen molar-refractivity contribution < 1.29 is 9.59 Å². The zero-order chi connectivity index (χ0) is 13.3. The maximum atomic E-state index is 11.6. The Labute approximate surface area is 106 Å². The monoisotopic (exact) mass is 250 g/mol. The van der Waals surface area contributed by atoms with Crippen LogP contribution in [0.25, 0.3) is 0 Å². The highest BCUT2D eigenvalue weighted by atomic mass is 16.2. The minimum absolute atomic E-state index is 0.0546. The summed E-state index contributed by atoms with van der Waals surface area (Å²) in [4.78, 5) is 23.1. The lowest BCUT2D eigenvalue weighted by molar-refractivity contribution is -0.130. The molecule has 0 aliphatic heterocycles. The van der Waals surface area contributed by atoms with Gasteiger partial charge in [-0.3, -0.25) is 25.1 Å². The molecular weight excluding hydrogens is 232 g/mol. The number of nitrogens with zero attached hydrogens (tertiary/aromatic N) is 2. The summed E-state index contributed by atoms with van der Waals surface area (Å²) < 4.78 is 1.61. The van der Waals surface area contributed by atoms with E-state index in [9.17, 15) is 9.59 Å². The topological polar surface area (TPSA) is 76.0 Å². The SMILES string of the molecule is Cc1cc(C)n(CC(=O)NNC(=O)[C@H]2C[C@@H]2C)n1. The van der Waals surface area contributed by atoms with Gasteiger partial charge in [-0.1, -0.05) is 6.92 Å². The fourth-order valence-corrected chi connectivity index (χ4v) is 1.92. The molecule has 0 spiro atoms. The largest absolute Gasteiger partial charge is 0.273 e. The Hall–Kier alpha value is -1.85. The van der Waals surface area contributed by atoms with Crippen molar-refractivity contribution in [3.05, 3.63) is 17.5 Å². The summed E-state index contributed by atoms with van der Waals surface area (Å²) in [6.45, 7) is 5.89. The molecule has 0 aromatic carbocycles. The lowest BCUT2D eigenvalue weighted by Gasteiger charge is -2.08. The van der Waals surface area contributed by atoms with Gasteiger partial charge in [0.2, 0.25) is 5.91 Å². The van der Waals surface area contributed by atoms with E-state index in [1.807, 2.05) is 26.8 Å². The third-order valence-corrected chi connectivity index (χ3v) is 3.17. The second-order valence-corrected chi connectivity index (χ2v) is 4.94. The number of hydrogen-bond acceptors (Lipinski definition) is 3. The molecule has 0 radical (unpaired) electrons. The van der Waals surface area contributed by atoms with Crippen LogP contribution in [0.1, 0.15) is 24.7 Å². The van der Waals surface area contributed by atoms with Crippen LogP contribution in [-0.2, 0) is 16.1 Å². The first kappa shape index (κ1) is 12.6. The Morgan fingerprint density at radius 3 is 2.61 bits per heavy atom. The number of amides is 2. The second kappa shape index (κ2) is 4.80. The number of carbonyl (C=O) groups is 2. The fourth-order valence-electron chi connectivity index (χ4n) is 1.92. The van der Waals surface area contributed by atoms with E-state index in [-0.39, 0.29) is 24.3 Å². The molecule has 1 heterocycles. The van der Waals surface area contributed by atoms with Crippen LogP contribution in [0.5, 0.6) is 0 Å². The summed E-state index contributed by atoms with van der Waals surface area (Å²) in [5, 5.41) is 4.18. The van der Waals surface area contributed by atoms with Gasteiger partial charge in [-0.05, 0) is 32.3 Å². The molecule has 1 aliphatic carbocycles. The van der Waals surface area contributed by atoms with Crippen molar-refractivity contribution in [3.63, 3.8) is 0 Å². The van der Waals surface area contributed by atoms with Crippen LogP contribution in [0, 0.1) is 25.7 Å². The number of hydrogen-bond donors (Lipinski definition) is 2. The molecule has 0 unspecified atom stereocenters. The molecule has 1 aliphatic rings. The van der Waals surface area contributed by atoms with E-state index in [4.69, 9.17) is 0 Å². The lowest BCUT2D eigenvalue weighted by atomic mass is 10.3. The van der Waals surface area contributed by atoms with E-state index in [0.717, 1.165) is 17.8 Å². The van der Waals surface area contributed by atoms with Crippen molar-refractivity contribution in [2.45, 2.75) is 33.7 Å². The van der Waals surface area contributed by atoms with Crippen LogP contribution in [0.2, 0.25) is 0 Å². The van der Waals surface area contributed by atoms with Crippen molar-refractivity contribution in [3.8, 4) is 0 Å². The van der Waals surface area contributed by atoms with Crippen LogP contribution in [0.4, 0.5) is 0 Å². The number of aryl methyl sites for hydroxylation is 2. The van der Waals surface area contributed by atoms with E-state index in [0.29, 0.717) is 5.92 Å². The molecule has 1 aromatic heterocycles. The second-order valence-electron chi connectivity index (χ2n) is 4.94. The number of hydrazine groups is 1. The van der Waals surface area contributed by atoms with Crippen molar-refractivity contribution in [1.29, 1.82) is 0 Å². The van der Waals surface area contributed by atoms with Crippen LogP contribution < -0.4 is 10.9 Å². The Balaban J connectivity index is 1.78. The standard InChI is InChI=1S/C12H18N4O2/c1-7-4-10(7)12(18)14-13-11(17)6-16-9(3)5-8(2)15-16/h5,7,10H,4,6H2,1-3H3,(H,13,17)(H,14,18)/t7-,10-/m0/s1. The summed E-state index contributed by atoms with van der Waals surface area (Å²) in [5.74, 6) is 0.101. The van der Waals surface area contributed by atoms with E-state index in [2.05, 4.69) is 16.0 Å². The summed E-state index contributed by atoms with van der Waals surface area (Å²) in [5.41, 5.74) is 6.64. The smallest absolute Gasteiger partial charge is 0.260 e. The van der Waals surface area contributed by atoms with Gasteiger partial charge in [-0.2, -0.15) is 5.10 Å². The average molecular weight is 250 g/mol. The Morgan fingerprint density at radius 2 is 2.11 bits per heavy atom. The molecule has 6 heteroatoms. The van der Waals surface area contributed by atoms with Gasteiger partial charge in [0.05, 0.1) is 5.69 Å². The number of nitrogens with one attached hydrogen (secondary N) is 2. The van der Waals surface area contributed by atoms with E-state index < -0.39 is 0 Å². The summed E-state index contributed by atoms with van der Waals surface area (Å²) in [7, 11) is 0. The summed E-state index contributed by atoms with van der Waals surface area (Å²) in [6.07, 6.45) is 0.902. The minimum Gasteiger partial charge on any atom is -0.273 e. The lowest BCUT2D eigenvalue weighted by Crippen LogP contribution is -2.44. The number of aromatic nitrogens is 2. The van der Waals surface area contributed by atoms with Gasteiger partial charge in [0.25, 0.3) is 5.91 Å². The van der Waals surface area contributed by atoms with Crippen LogP contribution in [0.3, 0.4) is 0 Å². The highest BCUT2D eigenvalue weighted by Crippen LogP contribution is 2.37. The first-order chi connectivity index (χ1) is 8.47. The van der Waals surface area contributed by atoms with Crippen LogP contribution in [-0.4, -0.2) is 21.6 Å². The third kappa shape index (κ3) is 2.88. The summed E-state index contributed by atoms with van der Waals surface area (Å²) in [6, 6.07) is 1.90. The summed E-state index contributed by atoms with van der Waals surface area (Å²) >= 11 is 0. The Kier molecular flexibility index (Phi) is 3.36. The van der Waals surface area contributed by atoms with E-state index in [1.165, 1.54) is 0 Å². The molecule has 1 aromatic rings. The van der Waals surface area contributed by atoms with Crippen molar-refractivity contribution in [1.82, 2.24) is 20.6 Å². The average Bonchev–Trinajstić information content (AvgIpc) is 2.94. The number of rotatable bonds is 3. The number of carbonyl (C=O) groups excluding carboxylic acids is 2. The zero-order valence-corrected chi connectivity index (χ0v) is 10.9. The molecular formula is C12H18N4O2. The van der Waals surface area contributed by atoms with Gasteiger partial charge in [0.1, 0.15) is 6.54 Å². The molecule has 18 heavy (non-hydrogen) atoms. The quantitative estimate of drug-likeness (QED) is 0.758. The van der Waals surface area contributed by atoms with Crippen molar-refractivity contribution in [2.75, 3.05) is 0 Å². The molecule has 1 fully saturated rings. The fraction of sp³-hybridized carbons (Fsp3) is 0.583. The zero-order valence-electron chi connectivity index (χ0n) is 10.9. The van der Waals surface area contributed by atoms with Gasteiger partial charge in [0.15, 0.2) is 0 Å². The Morgan fingerprint density at radius 1 is 1.44 bits per heavy atom. The normalized spacial score (nSPS) is 21.5. The molecule has 2 N–H and O–H groups in total. The highest BCUT2D eigenvalue weighted by molar-refractivity contribution is 5.84. The van der Waals surface area contributed by atoms with Crippen molar-refractivity contribution in [2.24, 2.45) is 11.8 Å². The first-order valence-electron chi connectivity index (χ1n) is 6.07. The third-order valence-electron chi connectivity index (χ3n) is 3.17. The molecule has 6 nitrogen and oxygen atoms in total. The van der Waals surface area contributed by atoms with Gasteiger partial charge < -0.3 is 0 Å². The predicted octanol–water partition coefficient (Wildman–Crippen LogP) is 0.303. The van der Waals surface area contributed by atoms with Gasteiger partial charge in [-0.15, -0.1) is 0 Å². The van der Waals surface area contributed by atoms with E-state index in [1.54, 1.807) is 4.68 Å². The molecule has 2 amide bonds. The first-order valence-corrected chi connectivity index (χ1v) is 6.07. The minimum atomic E-state index is -0.275. The van der Waals surface area contributed by atoms with Gasteiger partial charge in [0, 0.05) is 11.6 Å². The molecule has 1 saturated carbocycles. The van der Waals surface area contributed by atoms with Crippen LogP contribution in [0.15, 0.2) is 6.07 Å². The van der Waals surface area contributed by atoms with Gasteiger partial charge >= 0.3 is 0 Å². The molecule has 0 saturated heterocycles. The highest BCUT2D eigenvalue weighted by Gasteiger charge is 2.39. The Bertz CT molecular complexity index is 480. The molecule has 2 rings (SSSR count).